The number of nitrogens with zero attached hydrogens (tertiary/aromatic N) is 1. The molecule has 0 N–H and O–H groups in total. The van der Waals surface area contributed by atoms with Gasteiger partial charge in [0, 0.05) is 5.92 Å². The minimum absolute atomic E-state index is 0.126. The van der Waals surface area contributed by atoms with Gasteiger partial charge in [-0.25, -0.2) is 16.8 Å². The van der Waals surface area contributed by atoms with Crippen molar-refractivity contribution in [1.29, 1.82) is 0 Å². The van der Waals surface area contributed by atoms with E-state index < -0.39 is 52.6 Å². The Labute approximate surface area is 170 Å². The Morgan fingerprint density at radius 3 is 1.72 bits per heavy atom. The first kappa shape index (κ1) is 23.3. The number of ether oxygens (including phenoxy) is 2. The molecular formula is C18H25NO8S2. The first-order valence-corrected chi connectivity index (χ1v) is 12.0. The molecule has 1 aromatic rings. The summed E-state index contributed by atoms with van der Waals surface area (Å²) in [6, 6.07) is 7.73. The highest BCUT2D eigenvalue weighted by Crippen LogP contribution is 2.43. The maximum Gasteiger partial charge on any atom is 0.324 e. The van der Waals surface area contributed by atoms with Crippen LogP contribution in [0.2, 0.25) is 0 Å². The molecule has 2 atom stereocenters. The van der Waals surface area contributed by atoms with Crippen molar-refractivity contribution in [1.82, 2.24) is 4.90 Å². The molecule has 162 valence electrons. The predicted molar refractivity (Wildman–Crippen MR) is 106 cm³/mol. The minimum Gasteiger partial charge on any atom is -0.468 e. The van der Waals surface area contributed by atoms with Crippen LogP contribution in [0, 0.1) is 0 Å². The highest BCUT2D eigenvalue weighted by atomic mass is 32.3. The van der Waals surface area contributed by atoms with Gasteiger partial charge >= 0.3 is 11.9 Å². The lowest BCUT2D eigenvalue weighted by atomic mass is 9.91. The van der Waals surface area contributed by atoms with Crippen molar-refractivity contribution >= 4 is 31.6 Å². The van der Waals surface area contributed by atoms with Gasteiger partial charge in [-0.05, 0) is 32.6 Å². The van der Waals surface area contributed by atoms with Gasteiger partial charge in [0.05, 0.1) is 14.2 Å². The second-order valence-corrected chi connectivity index (χ2v) is 11.8. The third-order valence-electron chi connectivity index (χ3n) is 4.96. The fourth-order valence-electron chi connectivity index (χ4n) is 3.59. The number of esters is 2. The second kappa shape index (κ2) is 8.80. The smallest absolute Gasteiger partial charge is 0.324 e. The Bertz CT molecular complexity index is 903. The molecule has 1 fully saturated rings. The van der Waals surface area contributed by atoms with E-state index >= 15 is 0 Å². The van der Waals surface area contributed by atoms with Gasteiger partial charge in [0.15, 0.2) is 34.8 Å². The van der Waals surface area contributed by atoms with Gasteiger partial charge in [-0.1, -0.05) is 30.3 Å². The average molecular weight is 448 g/mol. The van der Waals surface area contributed by atoms with Crippen LogP contribution in [0.1, 0.15) is 17.9 Å². The Morgan fingerprint density at radius 1 is 0.897 bits per heavy atom. The average Bonchev–Trinajstić information content (AvgIpc) is 2.65. The maximum absolute atomic E-state index is 13.3. The summed E-state index contributed by atoms with van der Waals surface area (Å²) in [6.07, 6.45) is -0.292. The molecule has 0 spiro atoms. The van der Waals surface area contributed by atoms with Crippen LogP contribution >= 0.6 is 0 Å². The number of sulfone groups is 2. The van der Waals surface area contributed by atoms with Crippen molar-refractivity contribution in [3.8, 4) is 0 Å². The number of hydrogen-bond acceptors (Lipinski definition) is 9. The van der Waals surface area contributed by atoms with E-state index in [-0.39, 0.29) is 18.5 Å². The van der Waals surface area contributed by atoms with Crippen molar-refractivity contribution in [2.45, 2.75) is 27.4 Å². The predicted octanol–water partition coefficient (Wildman–Crippen LogP) is -0.0256. The van der Waals surface area contributed by atoms with Crippen molar-refractivity contribution in [3.05, 3.63) is 35.9 Å². The van der Waals surface area contributed by atoms with Crippen LogP contribution in [0.15, 0.2) is 30.3 Å². The molecule has 11 heteroatoms. The summed E-state index contributed by atoms with van der Waals surface area (Å²) in [6.45, 7) is 0.126. The van der Waals surface area contributed by atoms with Gasteiger partial charge in [0.1, 0.15) is 0 Å². The SMILES string of the molecule is COC(=O)[C@H]1C(c2ccccc2)[C@H](C(=O)OC)S(=O)(=O)C(CCN(C)C)S1(=O)=O. The number of carbonyl (C=O) groups excluding carboxylic acids is 2. The molecule has 0 bridgehead atoms. The molecule has 9 nitrogen and oxygen atoms in total. The molecular weight excluding hydrogens is 422 g/mol. The maximum atomic E-state index is 13.3. The Kier molecular flexibility index (Phi) is 7.07. The van der Waals surface area contributed by atoms with Crippen molar-refractivity contribution in [3.63, 3.8) is 0 Å². The summed E-state index contributed by atoms with van der Waals surface area (Å²) in [5.74, 6) is -3.71. The first-order valence-electron chi connectivity index (χ1n) is 8.80. The van der Waals surface area contributed by atoms with Crippen LogP contribution in [-0.2, 0) is 38.7 Å². The van der Waals surface area contributed by atoms with Crippen LogP contribution in [0.4, 0.5) is 0 Å². The summed E-state index contributed by atoms with van der Waals surface area (Å²) in [7, 11) is -3.74. The van der Waals surface area contributed by atoms with E-state index in [1.165, 1.54) is 12.1 Å². The van der Waals surface area contributed by atoms with Gasteiger partial charge in [-0.2, -0.15) is 0 Å². The quantitative estimate of drug-likeness (QED) is 0.553. The molecule has 1 saturated heterocycles. The Hall–Kier alpha value is -1.98. The lowest BCUT2D eigenvalue weighted by Crippen LogP contribution is -2.60. The Balaban J connectivity index is 2.80. The van der Waals surface area contributed by atoms with E-state index in [1.807, 2.05) is 0 Å². The lowest BCUT2D eigenvalue weighted by Gasteiger charge is -2.39. The van der Waals surface area contributed by atoms with Crippen LogP contribution in [0.25, 0.3) is 0 Å². The largest absolute Gasteiger partial charge is 0.468 e. The van der Waals surface area contributed by atoms with Crippen LogP contribution < -0.4 is 0 Å². The van der Waals surface area contributed by atoms with E-state index in [0.29, 0.717) is 0 Å². The molecule has 0 amide bonds. The summed E-state index contributed by atoms with van der Waals surface area (Å²) in [5, 5.41) is -3.70. The monoisotopic (exact) mass is 447 g/mol. The third kappa shape index (κ3) is 4.31. The summed E-state index contributed by atoms with van der Waals surface area (Å²) >= 11 is 0. The van der Waals surface area contributed by atoms with Crippen molar-refractivity contribution in [2.75, 3.05) is 34.9 Å². The van der Waals surface area contributed by atoms with Gasteiger partial charge in [0.2, 0.25) is 0 Å². The normalized spacial score (nSPS) is 27.9. The number of carbonyl (C=O) groups is 2. The number of rotatable bonds is 6. The number of methoxy groups -OCH3 is 2. The lowest BCUT2D eigenvalue weighted by molar-refractivity contribution is -0.142. The van der Waals surface area contributed by atoms with Gasteiger partial charge in [-0.3, -0.25) is 9.59 Å². The van der Waals surface area contributed by atoms with E-state index in [2.05, 4.69) is 0 Å². The fraction of sp³-hybridized carbons (Fsp3) is 0.556. The molecule has 1 heterocycles. The zero-order valence-electron chi connectivity index (χ0n) is 16.6. The molecule has 0 unspecified atom stereocenters. The Morgan fingerprint density at radius 2 is 1.34 bits per heavy atom. The molecule has 2 rings (SSSR count). The first-order chi connectivity index (χ1) is 13.5. The molecule has 1 aliphatic heterocycles. The van der Waals surface area contributed by atoms with Crippen molar-refractivity contribution < 1.29 is 35.9 Å². The summed E-state index contributed by atoms with van der Waals surface area (Å²) in [4.78, 5) is 26.7. The molecule has 0 aliphatic carbocycles. The molecule has 0 radical (unpaired) electrons. The van der Waals surface area contributed by atoms with E-state index in [9.17, 15) is 26.4 Å². The third-order valence-corrected chi connectivity index (χ3v) is 10.9. The van der Waals surface area contributed by atoms with E-state index in [0.717, 1.165) is 14.2 Å². The molecule has 0 saturated carbocycles. The van der Waals surface area contributed by atoms with Crippen LogP contribution in [0.3, 0.4) is 0 Å². The molecule has 1 aliphatic rings. The fourth-order valence-corrected chi connectivity index (χ4v) is 9.60. The highest BCUT2D eigenvalue weighted by molar-refractivity contribution is 8.11. The molecule has 29 heavy (non-hydrogen) atoms. The van der Waals surface area contributed by atoms with Crippen molar-refractivity contribution in [2.24, 2.45) is 0 Å². The van der Waals surface area contributed by atoms with Gasteiger partial charge in [0.25, 0.3) is 0 Å². The topological polar surface area (TPSA) is 124 Å². The zero-order valence-corrected chi connectivity index (χ0v) is 18.3. The number of hydrogen-bond donors (Lipinski definition) is 0. The van der Waals surface area contributed by atoms with E-state index in [4.69, 9.17) is 9.47 Å². The number of benzene rings is 1. The summed E-state index contributed by atoms with van der Waals surface area (Å²) in [5.41, 5.74) is 0.219. The minimum atomic E-state index is -4.55. The zero-order chi connectivity index (χ0) is 22.0. The molecule has 1 aromatic carbocycles. The summed E-state index contributed by atoms with van der Waals surface area (Å²) < 4.78 is 60.8. The second-order valence-electron chi connectivity index (χ2n) is 7.02. The van der Waals surface area contributed by atoms with Gasteiger partial charge in [-0.15, -0.1) is 0 Å². The van der Waals surface area contributed by atoms with E-state index in [1.54, 1.807) is 37.2 Å². The standard InChI is InChI=1S/C18H25NO8S2/c1-19(2)11-10-13-28(22,23)15(17(20)26-3)14(12-8-6-5-7-9-12)16(18(21)27-4)29(13,24)25/h5-9,13-16H,10-11H2,1-4H3/t13?,14?,15-,16-/m1/s1. The van der Waals surface area contributed by atoms with Crippen LogP contribution in [-0.4, -0.2) is 83.6 Å². The molecule has 0 aromatic heterocycles. The highest BCUT2D eigenvalue weighted by Gasteiger charge is 2.63. The van der Waals surface area contributed by atoms with Crippen LogP contribution in [0.5, 0.6) is 0 Å². The van der Waals surface area contributed by atoms with Gasteiger partial charge < -0.3 is 14.4 Å².